The molecule has 0 aliphatic carbocycles. The molecule has 0 radical (unpaired) electrons. The molecule has 0 spiro atoms. The Morgan fingerprint density at radius 2 is 0.978 bits per heavy atom. The van der Waals surface area contributed by atoms with Gasteiger partial charge < -0.3 is 9.47 Å². The highest BCUT2D eigenvalue weighted by Crippen LogP contribution is 2.48. The Balaban J connectivity index is 1.51. The summed E-state index contributed by atoms with van der Waals surface area (Å²) in [6.07, 6.45) is 0. The molecule has 0 aliphatic rings. The molecule has 0 aliphatic heterocycles. The van der Waals surface area contributed by atoms with Crippen LogP contribution in [0.15, 0.2) is 176 Å². The van der Waals surface area contributed by atoms with E-state index < -0.39 is 0 Å². The molecule has 8 rings (SSSR count). The third-order valence-corrected chi connectivity index (χ3v) is 8.64. The molecule has 0 atom stereocenters. The zero-order valence-corrected chi connectivity index (χ0v) is 25.1. The number of hydrogen-bond donors (Lipinski definition) is 0. The molecule has 214 valence electrons. The summed E-state index contributed by atoms with van der Waals surface area (Å²) in [5.41, 5.74) is 12.9. The molecule has 2 nitrogen and oxygen atoms in total. The van der Waals surface area contributed by atoms with Gasteiger partial charge >= 0.3 is 0 Å². The Hall–Kier alpha value is -5.86. The van der Waals surface area contributed by atoms with E-state index in [2.05, 4.69) is 192 Å². The number of rotatable bonds is 6. The van der Waals surface area contributed by atoms with Crippen LogP contribution < -0.4 is 4.90 Å². The number of aryl methyl sites for hydroxylation is 1. The lowest BCUT2D eigenvalue weighted by atomic mass is 9.97. The summed E-state index contributed by atoms with van der Waals surface area (Å²) in [5, 5.41) is 2.45. The standard InChI is InChI=1S/C43H32N2/c1-31-28-29-36(33-18-7-3-8-19-33)42(30-31)45(38-24-13-11-22-35(38)32-16-5-2-6-17-32)41-27-15-26-40-43(41)37-23-12-14-25-39(37)44(40)34-20-9-4-10-21-34/h2-30H,1H3. The first-order valence-corrected chi connectivity index (χ1v) is 15.5. The average molecular weight is 577 g/mol. The van der Waals surface area contributed by atoms with Crippen molar-refractivity contribution in [1.82, 2.24) is 4.57 Å². The van der Waals surface area contributed by atoms with Gasteiger partial charge in [0.05, 0.1) is 28.1 Å². The summed E-state index contributed by atoms with van der Waals surface area (Å²) in [4.78, 5) is 2.49. The van der Waals surface area contributed by atoms with Crippen LogP contribution in [-0.2, 0) is 0 Å². The second kappa shape index (κ2) is 11.3. The Labute approximate surface area is 264 Å². The fourth-order valence-corrected chi connectivity index (χ4v) is 6.65. The van der Waals surface area contributed by atoms with Crippen LogP contribution in [0.3, 0.4) is 0 Å². The Morgan fingerprint density at radius 3 is 1.71 bits per heavy atom. The van der Waals surface area contributed by atoms with Crippen LogP contribution in [0.2, 0.25) is 0 Å². The van der Waals surface area contributed by atoms with Gasteiger partial charge in [-0.2, -0.15) is 0 Å². The number of hydrogen-bond acceptors (Lipinski definition) is 1. The number of anilines is 3. The van der Waals surface area contributed by atoms with E-state index in [4.69, 9.17) is 0 Å². The minimum atomic E-state index is 1.13. The highest BCUT2D eigenvalue weighted by Gasteiger charge is 2.24. The highest BCUT2D eigenvalue weighted by atomic mass is 15.2. The summed E-state index contributed by atoms with van der Waals surface area (Å²) in [6.45, 7) is 2.18. The van der Waals surface area contributed by atoms with Gasteiger partial charge in [0.25, 0.3) is 0 Å². The maximum Gasteiger partial charge on any atom is 0.0562 e. The second-order valence-corrected chi connectivity index (χ2v) is 11.5. The summed E-state index contributed by atoms with van der Waals surface area (Å²) in [5.74, 6) is 0. The number of benzene rings is 7. The fraction of sp³-hybridized carbons (Fsp3) is 0.0233. The molecule has 45 heavy (non-hydrogen) atoms. The van der Waals surface area contributed by atoms with Crippen molar-refractivity contribution in [2.75, 3.05) is 4.90 Å². The van der Waals surface area contributed by atoms with Crippen LogP contribution in [0.1, 0.15) is 5.56 Å². The van der Waals surface area contributed by atoms with E-state index in [1.165, 1.54) is 49.6 Å². The Bertz CT molecular complexity index is 2270. The molecule has 0 N–H and O–H groups in total. The highest BCUT2D eigenvalue weighted by molar-refractivity contribution is 6.17. The molecule has 0 amide bonds. The number of nitrogens with zero attached hydrogens (tertiary/aromatic N) is 2. The van der Waals surface area contributed by atoms with E-state index in [0.717, 1.165) is 22.7 Å². The minimum Gasteiger partial charge on any atom is -0.309 e. The molecule has 0 saturated heterocycles. The second-order valence-electron chi connectivity index (χ2n) is 11.5. The van der Waals surface area contributed by atoms with Gasteiger partial charge in [-0.25, -0.2) is 0 Å². The van der Waals surface area contributed by atoms with Crippen molar-refractivity contribution in [2.24, 2.45) is 0 Å². The molecule has 7 aromatic carbocycles. The maximum absolute atomic E-state index is 2.49. The third kappa shape index (κ3) is 4.68. The van der Waals surface area contributed by atoms with Gasteiger partial charge in [-0.15, -0.1) is 0 Å². The lowest BCUT2D eigenvalue weighted by molar-refractivity contribution is 1.18. The van der Waals surface area contributed by atoms with Crippen LogP contribution in [-0.4, -0.2) is 4.57 Å². The maximum atomic E-state index is 2.49. The predicted molar refractivity (Wildman–Crippen MR) is 191 cm³/mol. The molecular formula is C43H32N2. The Morgan fingerprint density at radius 1 is 0.422 bits per heavy atom. The van der Waals surface area contributed by atoms with Crippen molar-refractivity contribution in [3.8, 4) is 27.9 Å². The number of aromatic nitrogens is 1. The number of fused-ring (bicyclic) bond motifs is 3. The lowest BCUT2D eigenvalue weighted by Gasteiger charge is -2.31. The van der Waals surface area contributed by atoms with Gasteiger partial charge in [0.1, 0.15) is 0 Å². The van der Waals surface area contributed by atoms with Crippen molar-refractivity contribution in [3.05, 3.63) is 181 Å². The monoisotopic (exact) mass is 576 g/mol. The fourth-order valence-electron chi connectivity index (χ4n) is 6.65. The molecule has 1 aromatic heterocycles. The van der Waals surface area contributed by atoms with Gasteiger partial charge in [-0.1, -0.05) is 133 Å². The lowest BCUT2D eigenvalue weighted by Crippen LogP contribution is -2.13. The Kier molecular flexibility index (Phi) is 6.73. The van der Waals surface area contributed by atoms with Crippen LogP contribution in [0.25, 0.3) is 49.7 Å². The normalized spacial score (nSPS) is 11.2. The van der Waals surface area contributed by atoms with E-state index in [9.17, 15) is 0 Å². The van der Waals surface area contributed by atoms with E-state index >= 15 is 0 Å². The van der Waals surface area contributed by atoms with Crippen molar-refractivity contribution < 1.29 is 0 Å². The first-order valence-electron chi connectivity index (χ1n) is 15.5. The van der Waals surface area contributed by atoms with E-state index in [1.807, 2.05) is 0 Å². The van der Waals surface area contributed by atoms with Gasteiger partial charge in [-0.3, -0.25) is 0 Å². The SMILES string of the molecule is Cc1ccc(-c2ccccc2)c(N(c2ccccc2-c2ccccc2)c2cccc3c2c2ccccc2n3-c2ccccc2)c1. The predicted octanol–water partition coefficient (Wildman–Crippen LogP) is 11.9. The molecule has 1 heterocycles. The molecule has 0 saturated carbocycles. The van der Waals surface area contributed by atoms with Crippen molar-refractivity contribution in [2.45, 2.75) is 6.92 Å². The van der Waals surface area contributed by atoms with Gasteiger partial charge in [0, 0.05) is 27.6 Å². The topological polar surface area (TPSA) is 8.17 Å². The first kappa shape index (κ1) is 26.7. The molecule has 0 fully saturated rings. The minimum absolute atomic E-state index is 1.13. The quantitative estimate of drug-likeness (QED) is 0.191. The van der Waals surface area contributed by atoms with Crippen molar-refractivity contribution in [3.63, 3.8) is 0 Å². The molecule has 8 aromatic rings. The summed E-state index contributed by atoms with van der Waals surface area (Å²) >= 11 is 0. The van der Waals surface area contributed by atoms with Crippen LogP contribution in [0, 0.1) is 6.92 Å². The van der Waals surface area contributed by atoms with Gasteiger partial charge in [0.2, 0.25) is 0 Å². The van der Waals surface area contributed by atoms with Gasteiger partial charge in [0.15, 0.2) is 0 Å². The van der Waals surface area contributed by atoms with E-state index in [-0.39, 0.29) is 0 Å². The smallest absolute Gasteiger partial charge is 0.0562 e. The third-order valence-electron chi connectivity index (χ3n) is 8.64. The zero-order valence-electron chi connectivity index (χ0n) is 25.1. The summed E-state index contributed by atoms with van der Waals surface area (Å²) in [6, 6.07) is 63.3. The van der Waals surface area contributed by atoms with Crippen LogP contribution >= 0.6 is 0 Å². The van der Waals surface area contributed by atoms with E-state index in [1.54, 1.807) is 0 Å². The molecule has 0 unspecified atom stereocenters. The van der Waals surface area contributed by atoms with Crippen LogP contribution in [0.5, 0.6) is 0 Å². The van der Waals surface area contributed by atoms with Gasteiger partial charge in [-0.05, 0) is 66.1 Å². The van der Waals surface area contributed by atoms with Crippen molar-refractivity contribution >= 4 is 38.9 Å². The van der Waals surface area contributed by atoms with Crippen molar-refractivity contribution in [1.29, 1.82) is 0 Å². The number of para-hydroxylation sites is 3. The average Bonchev–Trinajstić information content (AvgIpc) is 3.45. The molecule has 2 heteroatoms. The summed E-state index contributed by atoms with van der Waals surface area (Å²) < 4.78 is 2.39. The van der Waals surface area contributed by atoms with Crippen LogP contribution in [0.4, 0.5) is 17.1 Å². The first-order chi connectivity index (χ1) is 22.3. The molecular weight excluding hydrogens is 544 g/mol. The largest absolute Gasteiger partial charge is 0.309 e. The molecule has 0 bridgehead atoms. The summed E-state index contributed by atoms with van der Waals surface area (Å²) in [7, 11) is 0. The zero-order chi connectivity index (χ0) is 30.2. The van der Waals surface area contributed by atoms with E-state index in [0.29, 0.717) is 0 Å².